The van der Waals surface area contributed by atoms with E-state index >= 15 is 0 Å². The van der Waals surface area contributed by atoms with Crippen LogP contribution in [0, 0.1) is 0 Å². The highest BCUT2D eigenvalue weighted by atomic mass is 35.5. The molecule has 0 spiro atoms. The second kappa shape index (κ2) is 8.18. The molecule has 5 rings (SSSR count). The molecular formula is C21H31ClN8O. The van der Waals surface area contributed by atoms with Crippen molar-refractivity contribution in [3.05, 3.63) is 5.15 Å². The zero-order valence-corrected chi connectivity index (χ0v) is 19.1. The Morgan fingerprint density at radius 2 is 1.65 bits per heavy atom. The number of fused-ring (bicyclic) bond motifs is 1. The maximum Gasteiger partial charge on any atom is 0.229 e. The van der Waals surface area contributed by atoms with E-state index in [9.17, 15) is 5.11 Å². The van der Waals surface area contributed by atoms with Crippen LogP contribution in [0.2, 0.25) is 5.15 Å². The molecule has 0 bridgehead atoms. The van der Waals surface area contributed by atoms with Crippen molar-refractivity contribution in [3.8, 4) is 0 Å². The molecule has 9 nitrogen and oxygen atoms in total. The lowest BCUT2D eigenvalue weighted by Gasteiger charge is -2.34. The van der Waals surface area contributed by atoms with E-state index in [2.05, 4.69) is 20.0 Å². The lowest BCUT2D eigenvalue weighted by Crippen LogP contribution is -2.46. The maximum absolute atomic E-state index is 10.7. The summed E-state index contributed by atoms with van der Waals surface area (Å²) in [7, 11) is 0. The minimum atomic E-state index is -0.852. The fourth-order valence-corrected chi connectivity index (χ4v) is 5.22. The van der Waals surface area contributed by atoms with Gasteiger partial charge in [0.2, 0.25) is 5.95 Å². The molecule has 3 aliphatic heterocycles. The number of hydrogen-bond acceptors (Lipinski definition) is 9. The number of halogens is 1. The van der Waals surface area contributed by atoms with Crippen LogP contribution >= 0.6 is 11.6 Å². The molecule has 3 aliphatic rings. The molecule has 0 amide bonds. The lowest BCUT2D eigenvalue weighted by atomic mass is 9.97. The van der Waals surface area contributed by atoms with Gasteiger partial charge in [-0.3, -0.25) is 0 Å². The minimum Gasteiger partial charge on any atom is -0.388 e. The fourth-order valence-electron chi connectivity index (χ4n) is 4.99. The molecule has 31 heavy (non-hydrogen) atoms. The maximum atomic E-state index is 10.7. The number of aromatic nitrogens is 4. The quantitative estimate of drug-likeness (QED) is 0.729. The Morgan fingerprint density at radius 3 is 2.35 bits per heavy atom. The molecule has 0 aromatic carbocycles. The van der Waals surface area contributed by atoms with Crippen molar-refractivity contribution in [2.45, 2.75) is 51.2 Å². The summed E-state index contributed by atoms with van der Waals surface area (Å²) in [5, 5.41) is 14.4. The van der Waals surface area contributed by atoms with Gasteiger partial charge in [-0.25, -0.2) is 9.97 Å². The van der Waals surface area contributed by atoms with Crippen LogP contribution < -0.4 is 20.0 Å². The van der Waals surface area contributed by atoms with Gasteiger partial charge in [0.1, 0.15) is 0 Å². The van der Waals surface area contributed by atoms with E-state index in [4.69, 9.17) is 31.5 Å². The Labute approximate surface area is 187 Å². The van der Waals surface area contributed by atoms with Gasteiger partial charge in [-0.2, -0.15) is 9.97 Å². The summed E-state index contributed by atoms with van der Waals surface area (Å²) in [6, 6.07) is -0.0516. The van der Waals surface area contributed by atoms with Crippen molar-refractivity contribution in [2.75, 3.05) is 60.5 Å². The molecular weight excluding hydrogens is 416 g/mol. The highest BCUT2D eigenvalue weighted by molar-refractivity contribution is 6.32. The first-order valence-corrected chi connectivity index (χ1v) is 11.7. The zero-order valence-electron chi connectivity index (χ0n) is 18.3. The number of nitrogens with zero attached hydrogens (tertiary/aromatic N) is 7. The van der Waals surface area contributed by atoms with E-state index in [-0.39, 0.29) is 6.04 Å². The Kier molecular flexibility index (Phi) is 5.52. The average molecular weight is 447 g/mol. The van der Waals surface area contributed by atoms with E-state index in [0.29, 0.717) is 28.1 Å². The summed E-state index contributed by atoms with van der Waals surface area (Å²) >= 11 is 6.68. The summed E-state index contributed by atoms with van der Waals surface area (Å²) < 4.78 is 0. The smallest absolute Gasteiger partial charge is 0.229 e. The van der Waals surface area contributed by atoms with E-state index < -0.39 is 5.60 Å². The molecule has 2 aromatic heterocycles. The molecule has 2 N–H and O–H groups in total. The Bertz CT molecular complexity index is 953. The van der Waals surface area contributed by atoms with Gasteiger partial charge in [-0.15, -0.1) is 0 Å². The number of anilines is 3. The predicted molar refractivity (Wildman–Crippen MR) is 123 cm³/mol. The monoisotopic (exact) mass is 446 g/mol. The van der Waals surface area contributed by atoms with Crippen LogP contribution in [0.25, 0.3) is 11.2 Å². The summed E-state index contributed by atoms with van der Waals surface area (Å²) in [6.45, 7) is 9.96. The Balaban J connectivity index is 1.62. The van der Waals surface area contributed by atoms with Crippen molar-refractivity contribution < 1.29 is 5.11 Å². The molecule has 0 unspecified atom stereocenters. The number of hydrogen-bond donors (Lipinski definition) is 2. The van der Waals surface area contributed by atoms with Gasteiger partial charge in [0, 0.05) is 45.8 Å². The molecule has 10 heteroatoms. The van der Waals surface area contributed by atoms with Crippen LogP contribution in [-0.2, 0) is 0 Å². The van der Waals surface area contributed by atoms with Gasteiger partial charge in [0.25, 0.3) is 0 Å². The first kappa shape index (κ1) is 20.9. The number of aliphatic hydroxyl groups is 1. The van der Waals surface area contributed by atoms with Crippen molar-refractivity contribution >= 4 is 40.3 Å². The predicted octanol–water partition coefficient (Wildman–Crippen LogP) is 1.82. The van der Waals surface area contributed by atoms with Crippen LogP contribution in [0.5, 0.6) is 0 Å². The van der Waals surface area contributed by atoms with Crippen LogP contribution in [0.3, 0.4) is 0 Å². The molecule has 0 aliphatic carbocycles. The van der Waals surface area contributed by atoms with Crippen LogP contribution in [-0.4, -0.2) is 82.5 Å². The topological polar surface area (TPSA) is 93.5 Å². The summed E-state index contributed by atoms with van der Waals surface area (Å²) in [5.41, 5.74) is 0.384. The average Bonchev–Trinajstić information content (AvgIpc) is 3.45. The highest BCUT2D eigenvalue weighted by Crippen LogP contribution is 2.36. The van der Waals surface area contributed by atoms with Crippen molar-refractivity contribution in [1.29, 1.82) is 0 Å². The van der Waals surface area contributed by atoms with Gasteiger partial charge < -0.3 is 25.1 Å². The molecule has 3 fully saturated rings. The van der Waals surface area contributed by atoms with Crippen LogP contribution in [0.4, 0.5) is 17.6 Å². The van der Waals surface area contributed by atoms with Crippen LogP contribution in [0.15, 0.2) is 0 Å². The van der Waals surface area contributed by atoms with Crippen molar-refractivity contribution in [3.63, 3.8) is 0 Å². The van der Waals surface area contributed by atoms with E-state index in [0.717, 1.165) is 77.3 Å². The van der Waals surface area contributed by atoms with Crippen molar-refractivity contribution in [1.82, 2.24) is 25.3 Å². The van der Waals surface area contributed by atoms with E-state index in [1.807, 2.05) is 13.8 Å². The van der Waals surface area contributed by atoms with Crippen LogP contribution in [0.1, 0.15) is 39.5 Å². The lowest BCUT2D eigenvalue weighted by molar-refractivity contribution is 0.0533. The SMILES string of the molecule is CC(C)(O)[C@@H]1CCCN1c1nc2nc(N3CCNCC3)nc(N3CCCC3)c2nc1Cl. The summed E-state index contributed by atoms with van der Waals surface area (Å²) in [6.07, 6.45) is 4.18. The van der Waals surface area contributed by atoms with Gasteiger partial charge in [-0.1, -0.05) is 11.6 Å². The zero-order chi connectivity index (χ0) is 21.6. The molecule has 5 heterocycles. The largest absolute Gasteiger partial charge is 0.388 e. The normalized spacial score (nSPS) is 22.7. The molecule has 168 valence electrons. The fraction of sp³-hybridized carbons (Fsp3) is 0.714. The van der Waals surface area contributed by atoms with E-state index in [1.54, 1.807) is 0 Å². The molecule has 3 saturated heterocycles. The second-order valence-corrected chi connectivity index (χ2v) is 9.65. The Hall–Kier alpha value is -1.97. The first-order valence-electron chi connectivity index (χ1n) is 11.4. The van der Waals surface area contributed by atoms with Crippen molar-refractivity contribution in [2.24, 2.45) is 0 Å². The molecule has 1 atom stereocenters. The summed E-state index contributed by atoms with van der Waals surface area (Å²) in [4.78, 5) is 26.0. The van der Waals surface area contributed by atoms with Gasteiger partial charge in [0.05, 0.1) is 11.6 Å². The molecule has 0 saturated carbocycles. The number of nitrogens with one attached hydrogen (secondary N) is 1. The second-order valence-electron chi connectivity index (χ2n) is 9.29. The van der Waals surface area contributed by atoms with Gasteiger partial charge >= 0.3 is 0 Å². The van der Waals surface area contributed by atoms with Gasteiger partial charge in [0.15, 0.2) is 28.0 Å². The minimum absolute atomic E-state index is 0.0516. The van der Waals surface area contributed by atoms with Gasteiger partial charge in [-0.05, 0) is 39.5 Å². The molecule has 0 radical (unpaired) electrons. The highest BCUT2D eigenvalue weighted by Gasteiger charge is 2.38. The number of rotatable bonds is 4. The molecule has 2 aromatic rings. The summed E-state index contributed by atoms with van der Waals surface area (Å²) in [5.74, 6) is 2.15. The first-order chi connectivity index (χ1) is 14.9. The van der Waals surface area contributed by atoms with E-state index in [1.165, 1.54) is 0 Å². The third kappa shape index (κ3) is 3.99. The third-order valence-electron chi connectivity index (χ3n) is 6.59. The Morgan fingerprint density at radius 1 is 0.903 bits per heavy atom. The number of piperazine rings is 1. The third-order valence-corrected chi connectivity index (χ3v) is 6.84. The standard InChI is InChI=1S/C21H31ClN8O/c1-21(2,31)14-6-5-11-30(14)19-16(22)24-15-17(25-19)26-20(29-12-7-23-8-13-29)27-18(15)28-9-3-4-10-28/h14,23,31H,3-13H2,1-2H3/t14-/m0/s1.